The lowest BCUT2D eigenvalue weighted by Gasteiger charge is -2.25. The van der Waals surface area contributed by atoms with E-state index in [1.165, 1.54) is 0 Å². The van der Waals surface area contributed by atoms with Gasteiger partial charge in [-0.05, 0) is 19.4 Å². The molecule has 0 aromatic rings. The predicted octanol–water partition coefficient (Wildman–Crippen LogP) is -0.0533. The third-order valence-corrected chi connectivity index (χ3v) is 3.25. The smallest absolute Gasteiger partial charge is 0.221 e. The zero-order valence-electron chi connectivity index (χ0n) is 9.56. The van der Waals surface area contributed by atoms with Crippen molar-refractivity contribution in [2.75, 3.05) is 32.8 Å². The van der Waals surface area contributed by atoms with Crippen molar-refractivity contribution in [3.63, 3.8) is 0 Å². The number of amides is 1. The van der Waals surface area contributed by atoms with Crippen LogP contribution in [0.5, 0.6) is 0 Å². The van der Waals surface area contributed by atoms with Crippen molar-refractivity contribution in [3.05, 3.63) is 0 Å². The fourth-order valence-electron chi connectivity index (χ4n) is 2.26. The van der Waals surface area contributed by atoms with Crippen LogP contribution in [0.15, 0.2) is 0 Å². The lowest BCUT2D eigenvalue weighted by atomic mass is 10.1. The van der Waals surface area contributed by atoms with Gasteiger partial charge in [-0.25, -0.2) is 0 Å². The van der Waals surface area contributed by atoms with Crippen LogP contribution in [0.1, 0.15) is 19.3 Å². The van der Waals surface area contributed by atoms with Gasteiger partial charge in [-0.15, -0.1) is 0 Å². The molecular formula is C11H20N2O3. The minimum absolute atomic E-state index is 0.0354. The van der Waals surface area contributed by atoms with E-state index in [0.717, 1.165) is 52.1 Å². The number of ether oxygens (including phenoxy) is 2. The van der Waals surface area contributed by atoms with Gasteiger partial charge < -0.3 is 20.1 Å². The Labute approximate surface area is 95.9 Å². The van der Waals surface area contributed by atoms with E-state index in [1.54, 1.807) is 0 Å². The van der Waals surface area contributed by atoms with Crippen LogP contribution < -0.4 is 5.73 Å². The van der Waals surface area contributed by atoms with Gasteiger partial charge >= 0.3 is 0 Å². The van der Waals surface area contributed by atoms with Gasteiger partial charge in [0.25, 0.3) is 0 Å². The summed E-state index contributed by atoms with van der Waals surface area (Å²) in [4.78, 5) is 13.3. The lowest BCUT2D eigenvalue weighted by molar-refractivity contribution is -0.182. The largest absolute Gasteiger partial charge is 0.369 e. The number of hydrogen-bond donors (Lipinski definition) is 1. The van der Waals surface area contributed by atoms with E-state index in [-0.39, 0.29) is 18.1 Å². The first kappa shape index (κ1) is 11.8. The molecule has 0 saturated carbocycles. The van der Waals surface area contributed by atoms with Crippen molar-refractivity contribution in [3.8, 4) is 0 Å². The van der Waals surface area contributed by atoms with Crippen molar-refractivity contribution in [1.82, 2.24) is 4.90 Å². The topological polar surface area (TPSA) is 64.8 Å². The first-order chi connectivity index (χ1) is 7.75. The Balaban J connectivity index is 1.65. The van der Waals surface area contributed by atoms with Gasteiger partial charge in [0.2, 0.25) is 5.91 Å². The summed E-state index contributed by atoms with van der Waals surface area (Å²) in [7, 11) is 0. The van der Waals surface area contributed by atoms with Crippen molar-refractivity contribution in [2.45, 2.75) is 25.6 Å². The summed E-state index contributed by atoms with van der Waals surface area (Å²) in [6, 6.07) is 0. The molecule has 5 nitrogen and oxygen atoms in total. The molecule has 2 aliphatic heterocycles. The molecule has 0 bridgehead atoms. The fourth-order valence-corrected chi connectivity index (χ4v) is 2.26. The Kier molecular flexibility index (Phi) is 4.15. The van der Waals surface area contributed by atoms with E-state index in [0.29, 0.717) is 0 Å². The summed E-state index contributed by atoms with van der Waals surface area (Å²) >= 11 is 0. The second-order valence-electron chi connectivity index (χ2n) is 4.50. The summed E-state index contributed by atoms with van der Waals surface area (Å²) in [6.45, 7) is 4.28. The second-order valence-corrected chi connectivity index (χ2v) is 4.50. The van der Waals surface area contributed by atoms with Crippen LogP contribution in [0, 0.1) is 5.92 Å². The maximum absolute atomic E-state index is 11.0. The number of primary amides is 1. The average Bonchev–Trinajstić information content (AvgIpc) is 2.76. The Morgan fingerprint density at radius 2 is 2.12 bits per heavy atom. The standard InChI is InChI=1S/C11H20N2O3/c12-11(14)9-2-4-13(8-9)5-3-10-15-6-1-7-16-10/h9-10H,1-8H2,(H2,12,14). The number of carbonyl (C=O) groups is 1. The summed E-state index contributed by atoms with van der Waals surface area (Å²) < 4.78 is 10.9. The maximum atomic E-state index is 11.0. The predicted molar refractivity (Wildman–Crippen MR) is 58.7 cm³/mol. The third kappa shape index (κ3) is 3.17. The first-order valence-electron chi connectivity index (χ1n) is 6.00. The fraction of sp³-hybridized carbons (Fsp3) is 0.909. The van der Waals surface area contributed by atoms with Gasteiger partial charge in [-0.3, -0.25) is 4.79 Å². The van der Waals surface area contributed by atoms with Crippen LogP contribution in [-0.4, -0.2) is 49.9 Å². The molecule has 1 atom stereocenters. The molecule has 0 aromatic heterocycles. The van der Waals surface area contributed by atoms with E-state index in [2.05, 4.69) is 4.90 Å². The highest BCUT2D eigenvalue weighted by Crippen LogP contribution is 2.17. The molecule has 0 radical (unpaired) electrons. The summed E-state index contributed by atoms with van der Waals surface area (Å²) in [5, 5.41) is 0. The molecular weight excluding hydrogens is 208 g/mol. The monoisotopic (exact) mass is 228 g/mol. The highest BCUT2D eigenvalue weighted by Gasteiger charge is 2.27. The number of hydrogen-bond acceptors (Lipinski definition) is 4. The van der Waals surface area contributed by atoms with E-state index in [4.69, 9.17) is 15.2 Å². The van der Waals surface area contributed by atoms with Gasteiger partial charge in [0, 0.05) is 19.5 Å². The quantitative estimate of drug-likeness (QED) is 0.732. The molecule has 0 aliphatic carbocycles. The Bertz CT molecular complexity index is 241. The number of nitrogens with zero attached hydrogens (tertiary/aromatic N) is 1. The zero-order chi connectivity index (χ0) is 11.4. The molecule has 16 heavy (non-hydrogen) atoms. The Morgan fingerprint density at radius 1 is 1.38 bits per heavy atom. The van der Waals surface area contributed by atoms with Crippen LogP contribution in [0.4, 0.5) is 0 Å². The van der Waals surface area contributed by atoms with Crippen molar-refractivity contribution in [1.29, 1.82) is 0 Å². The second kappa shape index (κ2) is 5.61. The third-order valence-electron chi connectivity index (χ3n) is 3.25. The van der Waals surface area contributed by atoms with E-state index < -0.39 is 0 Å². The number of nitrogens with two attached hydrogens (primary N) is 1. The summed E-state index contributed by atoms with van der Waals surface area (Å²) in [6.07, 6.45) is 2.71. The molecule has 1 amide bonds. The molecule has 0 aromatic carbocycles. The summed E-state index contributed by atoms with van der Waals surface area (Å²) in [5.74, 6) is -0.138. The molecule has 2 rings (SSSR count). The van der Waals surface area contributed by atoms with Crippen LogP contribution in [0.25, 0.3) is 0 Å². The van der Waals surface area contributed by atoms with Crippen LogP contribution in [0.2, 0.25) is 0 Å². The van der Waals surface area contributed by atoms with Crippen LogP contribution in [-0.2, 0) is 14.3 Å². The van der Waals surface area contributed by atoms with E-state index in [1.807, 2.05) is 0 Å². The van der Waals surface area contributed by atoms with Crippen molar-refractivity contribution in [2.24, 2.45) is 11.7 Å². The van der Waals surface area contributed by atoms with Gasteiger partial charge in [0.15, 0.2) is 6.29 Å². The molecule has 2 saturated heterocycles. The van der Waals surface area contributed by atoms with Gasteiger partial charge in [-0.1, -0.05) is 0 Å². The molecule has 2 aliphatic rings. The normalized spacial score (nSPS) is 28.4. The van der Waals surface area contributed by atoms with Crippen LogP contribution >= 0.6 is 0 Å². The highest BCUT2D eigenvalue weighted by molar-refractivity contribution is 5.77. The Morgan fingerprint density at radius 3 is 2.75 bits per heavy atom. The molecule has 2 heterocycles. The lowest BCUT2D eigenvalue weighted by Crippen LogP contribution is -2.32. The van der Waals surface area contributed by atoms with Gasteiger partial charge in [0.1, 0.15) is 0 Å². The maximum Gasteiger partial charge on any atom is 0.221 e. The average molecular weight is 228 g/mol. The molecule has 2 fully saturated rings. The minimum Gasteiger partial charge on any atom is -0.369 e. The first-order valence-corrected chi connectivity index (χ1v) is 6.00. The van der Waals surface area contributed by atoms with E-state index >= 15 is 0 Å². The van der Waals surface area contributed by atoms with E-state index in [9.17, 15) is 4.79 Å². The van der Waals surface area contributed by atoms with Gasteiger partial charge in [0.05, 0.1) is 19.1 Å². The number of rotatable bonds is 4. The SMILES string of the molecule is NC(=O)C1CCN(CCC2OCCCO2)C1. The molecule has 92 valence electrons. The zero-order valence-corrected chi connectivity index (χ0v) is 9.56. The van der Waals surface area contributed by atoms with Gasteiger partial charge in [-0.2, -0.15) is 0 Å². The van der Waals surface area contributed by atoms with Crippen LogP contribution in [0.3, 0.4) is 0 Å². The summed E-state index contributed by atoms with van der Waals surface area (Å²) in [5.41, 5.74) is 5.28. The molecule has 2 N–H and O–H groups in total. The molecule has 0 spiro atoms. The number of likely N-dealkylation sites (tertiary alicyclic amines) is 1. The molecule has 5 heteroatoms. The molecule has 1 unspecified atom stereocenters. The minimum atomic E-state index is -0.173. The Hall–Kier alpha value is -0.650. The number of carbonyl (C=O) groups excluding carboxylic acids is 1. The van der Waals surface area contributed by atoms with Crippen molar-refractivity contribution < 1.29 is 14.3 Å². The highest BCUT2D eigenvalue weighted by atomic mass is 16.7. The van der Waals surface area contributed by atoms with Crippen molar-refractivity contribution >= 4 is 5.91 Å².